The van der Waals surface area contributed by atoms with Crippen molar-refractivity contribution in [2.24, 2.45) is 0 Å². The lowest BCUT2D eigenvalue weighted by molar-refractivity contribution is 1.09. The molecule has 2 aromatic heterocycles. The van der Waals surface area contributed by atoms with Crippen molar-refractivity contribution >= 4 is 32.8 Å². The fourth-order valence-corrected chi connectivity index (χ4v) is 6.74. The molecule has 9 rings (SSSR count). The van der Waals surface area contributed by atoms with Crippen LogP contribution in [0.5, 0.6) is 0 Å². The molecule has 0 spiro atoms. The molecule has 0 radical (unpaired) electrons. The minimum absolute atomic E-state index is 0.938. The third-order valence-corrected chi connectivity index (χ3v) is 8.94. The molecule has 2 heterocycles. The van der Waals surface area contributed by atoms with Gasteiger partial charge in [-0.3, -0.25) is 4.57 Å². The van der Waals surface area contributed by atoms with Crippen LogP contribution in [0.4, 0.5) is 0 Å². The van der Waals surface area contributed by atoms with Crippen molar-refractivity contribution in [2.45, 2.75) is 0 Å². The Morgan fingerprint density at radius 1 is 0.326 bits per heavy atom. The number of benzene rings is 7. The van der Waals surface area contributed by atoms with Gasteiger partial charge < -0.3 is 4.57 Å². The Balaban J connectivity index is 1.23. The smallest absolute Gasteiger partial charge is 0.145 e. The molecule has 0 bridgehead atoms. The molecule has 0 aliphatic carbocycles. The molecule has 0 amide bonds. The van der Waals surface area contributed by atoms with Crippen LogP contribution < -0.4 is 0 Å². The quantitative estimate of drug-likeness (QED) is 0.196. The van der Waals surface area contributed by atoms with Gasteiger partial charge in [0, 0.05) is 27.7 Å². The van der Waals surface area contributed by atoms with E-state index < -0.39 is 0 Å². The number of nitrogens with zero attached hydrogens (tertiary/aromatic N) is 3. The van der Waals surface area contributed by atoms with Crippen LogP contribution in [0.2, 0.25) is 0 Å². The first-order valence-electron chi connectivity index (χ1n) is 15.6. The molecule has 46 heavy (non-hydrogen) atoms. The highest BCUT2D eigenvalue weighted by molar-refractivity contribution is 6.11. The standard InChI is InChI=1S/C43H29N3/c1-4-12-30(13-5-1)33-20-26-40-37(28-33)38-29-34(31-14-6-2-7-15-31)21-27-41(38)45(40)35-22-24-36(25-23-35)46-42-19-11-10-18-39(42)44-43(46)32-16-8-3-9-17-32/h1-29H. The summed E-state index contributed by atoms with van der Waals surface area (Å²) in [7, 11) is 0. The number of para-hydroxylation sites is 2. The largest absolute Gasteiger partial charge is 0.309 e. The number of hydrogen-bond acceptors (Lipinski definition) is 1. The van der Waals surface area contributed by atoms with E-state index in [9.17, 15) is 0 Å². The van der Waals surface area contributed by atoms with Gasteiger partial charge in [0.25, 0.3) is 0 Å². The van der Waals surface area contributed by atoms with E-state index in [1.54, 1.807) is 0 Å². The second kappa shape index (κ2) is 10.8. The van der Waals surface area contributed by atoms with Crippen molar-refractivity contribution in [1.29, 1.82) is 0 Å². The van der Waals surface area contributed by atoms with Crippen LogP contribution in [0.3, 0.4) is 0 Å². The number of fused-ring (bicyclic) bond motifs is 4. The Kier molecular flexibility index (Phi) is 6.14. The molecule has 0 unspecified atom stereocenters. The van der Waals surface area contributed by atoms with Gasteiger partial charge in [0.15, 0.2) is 0 Å². The van der Waals surface area contributed by atoms with Crippen molar-refractivity contribution in [3.8, 4) is 45.0 Å². The lowest BCUT2D eigenvalue weighted by Crippen LogP contribution is -1.99. The molecule has 0 aliphatic heterocycles. The molecule has 0 N–H and O–H groups in total. The maximum Gasteiger partial charge on any atom is 0.145 e. The van der Waals surface area contributed by atoms with Gasteiger partial charge in [-0.05, 0) is 82.9 Å². The third kappa shape index (κ3) is 4.33. The molecule has 0 aliphatic rings. The molecular weight excluding hydrogens is 558 g/mol. The van der Waals surface area contributed by atoms with Gasteiger partial charge in [-0.2, -0.15) is 0 Å². The Bertz CT molecular complexity index is 2390. The summed E-state index contributed by atoms with van der Waals surface area (Å²) >= 11 is 0. The Hall–Kier alpha value is -6.19. The highest BCUT2D eigenvalue weighted by Gasteiger charge is 2.17. The monoisotopic (exact) mass is 587 g/mol. The normalized spacial score (nSPS) is 11.5. The second-order valence-electron chi connectivity index (χ2n) is 11.7. The lowest BCUT2D eigenvalue weighted by atomic mass is 10.0. The van der Waals surface area contributed by atoms with Gasteiger partial charge in [0.05, 0.1) is 22.1 Å². The summed E-state index contributed by atoms with van der Waals surface area (Å²) in [5, 5.41) is 2.48. The molecule has 3 heteroatoms. The van der Waals surface area contributed by atoms with Crippen molar-refractivity contribution in [3.63, 3.8) is 0 Å². The highest BCUT2D eigenvalue weighted by Crippen LogP contribution is 2.38. The summed E-state index contributed by atoms with van der Waals surface area (Å²) in [6.45, 7) is 0. The summed E-state index contributed by atoms with van der Waals surface area (Å²) in [5.74, 6) is 0.938. The van der Waals surface area contributed by atoms with E-state index in [-0.39, 0.29) is 0 Å². The Morgan fingerprint density at radius 2 is 0.783 bits per heavy atom. The van der Waals surface area contributed by atoms with Crippen LogP contribution in [0.1, 0.15) is 0 Å². The van der Waals surface area contributed by atoms with Crippen molar-refractivity contribution < 1.29 is 0 Å². The fraction of sp³-hybridized carbons (Fsp3) is 0. The molecule has 3 nitrogen and oxygen atoms in total. The topological polar surface area (TPSA) is 22.8 Å². The first-order chi connectivity index (χ1) is 22.8. The van der Waals surface area contributed by atoms with Crippen LogP contribution in [-0.2, 0) is 0 Å². The van der Waals surface area contributed by atoms with E-state index in [0.29, 0.717) is 0 Å². The first-order valence-corrected chi connectivity index (χ1v) is 15.6. The van der Waals surface area contributed by atoms with Crippen molar-refractivity contribution in [1.82, 2.24) is 14.1 Å². The van der Waals surface area contributed by atoms with Gasteiger partial charge in [0.1, 0.15) is 5.82 Å². The zero-order valence-electron chi connectivity index (χ0n) is 25.1. The summed E-state index contributed by atoms with van der Waals surface area (Å²) in [4.78, 5) is 5.04. The molecule has 216 valence electrons. The number of aromatic nitrogens is 3. The van der Waals surface area contributed by atoms with Crippen LogP contribution in [0.15, 0.2) is 176 Å². The van der Waals surface area contributed by atoms with E-state index in [4.69, 9.17) is 4.98 Å². The number of imidazole rings is 1. The van der Waals surface area contributed by atoms with Gasteiger partial charge in [-0.1, -0.05) is 115 Å². The van der Waals surface area contributed by atoms with E-state index in [0.717, 1.165) is 33.8 Å². The van der Waals surface area contributed by atoms with Gasteiger partial charge in [0.2, 0.25) is 0 Å². The summed E-state index contributed by atoms with van der Waals surface area (Å²) < 4.78 is 4.65. The zero-order chi connectivity index (χ0) is 30.5. The maximum atomic E-state index is 5.04. The predicted molar refractivity (Wildman–Crippen MR) is 192 cm³/mol. The fourth-order valence-electron chi connectivity index (χ4n) is 6.74. The second-order valence-corrected chi connectivity index (χ2v) is 11.7. The SMILES string of the molecule is c1ccc(-c2ccc3c(c2)c2cc(-c4ccccc4)ccc2n3-c2ccc(-n3c(-c4ccccc4)nc4ccccc43)cc2)cc1. The average Bonchev–Trinajstić information content (AvgIpc) is 3.68. The molecular formula is C43H29N3. The Morgan fingerprint density at radius 3 is 1.33 bits per heavy atom. The number of rotatable bonds is 5. The van der Waals surface area contributed by atoms with E-state index in [2.05, 4.69) is 173 Å². The van der Waals surface area contributed by atoms with Gasteiger partial charge in [-0.15, -0.1) is 0 Å². The summed E-state index contributed by atoms with van der Waals surface area (Å²) in [5.41, 5.74) is 12.6. The van der Waals surface area contributed by atoms with Crippen LogP contribution >= 0.6 is 0 Å². The zero-order valence-corrected chi connectivity index (χ0v) is 25.1. The Labute approximate surface area is 267 Å². The molecule has 9 aromatic rings. The van der Waals surface area contributed by atoms with E-state index >= 15 is 0 Å². The molecule has 0 atom stereocenters. The maximum absolute atomic E-state index is 5.04. The predicted octanol–water partition coefficient (Wildman–Crippen LogP) is 11.1. The van der Waals surface area contributed by atoms with Crippen LogP contribution in [0.25, 0.3) is 77.9 Å². The van der Waals surface area contributed by atoms with E-state index in [1.807, 2.05) is 12.1 Å². The van der Waals surface area contributed by atoms with Gasteiger partial charge >= 0.3 is 0 Å². The molecule has 0 saturated carbocycles. The summed E-state index contributed by atoms with van der Waals surface area (Å²) in [6, 6.07) is 62.6. The van der Waals surface area contributed by atoms with Crippen LogP contribution in [-0.4, -0.2) is 14.1 Å². The van der Waals surface area contributed by atoms with Crippen LogP contribution in [0, 0.1) is 0 Å². The molecule has 7 aromatic carbocycles. The molecule has 0 saturated heterocycles. The van der Waals surface area contributed by atoms with Crippen molar-refractivity contribution in [2.75, 3.05) is 0 Å². The minimum atomic E-state index is 0.938. The van der Waals surface area contributed by atoms with E-state index in [1.165, 1.54) is 44.1 Å². The lowest BCUT2D eigenvalue weighted by Gasteiger charge is -2.13. The average molecular weight is 588 g/mol. The number of hydrogen-bond donors (Lipinski definition) is 0. The minimum Gasteiger partial charge on any atom is -0.309 e. The first kappa shape index (κ1) is 26.2. The van der Waals surface area contributed by atoms with Crippen molar-refractivity contribution in [3.05, 3.63) is 176 Å². The molecule has 0 fully saturated rings. The summed E-state index contributed by atoms with van der Waals surface area (Å²) in [6.07, 6.45) is 0. The van der Waals surface area contributed by atoms with Gasteiger partial charge in [-0.25, -0.2) is 4.98 Å². The highest BCUT2D eigenvalue weighted by atomic mass is 15.1. The third-order valence-electron chi connectivity index (χ3n) is 8.94.